The number of aliphatic hydroxyl groups excluding tert-OH is 1. The van der Waals surface area contributed by atoms with Gasteiger partial charge in [-0.1, -0.05) is 30.3 Å². The van der Waals surface area contributed by atoms with Gasteiger partial charge in [-0.25, -0.2) is 0 Å². The second-order valence-corrected chi connectivity index (χ2v) is 5.05. The minimum absolute atomic E-state index is 0.0602. The van der Waals surface area contributed by atoms with Crippen LogP contribution in [0.4, 0.5) is 0 Å². The number of hydrogen-bond donors (Lipinski definition) is 3. The average molecular weight is 278 g/mol. The zero-order valence-electron chi connectivity index (χ0n) is 11.5. The lowest BCUT2D eigenvalue weighted by atomic mass is 10.1. The Bertz CT molecular complexity index is 405. The van der Waals surface area contributed by atoms with E-state index in [9.17, 15) is 9.90 Å². The molecule has 0 saturated carbocycles. The Morgan fingerprint density at radius 3 is 2.95 bits per heavy atom. The van der Waals surface area contributed by atoms with E-state index in [1.165, 1.54) is 0 Å². The Morgan fingerprint density at radius 1 is 1.45 bits per heavy atom. The first-order valence-corrected chi connectivity index (χ1v) is 7.05. The highest BCUT2D eigenvalue weighted by molar-refractivity contribution is 5.76. The Balaban J connectivity index is 1.64. The lowest BCUT2D eigenvalue weighted by Crippen LogP contribution is -2.42. The number of nitrogens with one attached hydrogen (secondary N) is 2. The topological polar surface area (TPSA) is 70.6 Å². The molecule has 20 heavy (non-hydrogen) atoms. The molecule has 1 heterocycles. The molecule has 1 saturated heterocycles. The molecule has 1 aromatic rings. The van der Waals surface area contributed by atoms with Crippen LogP contribution in [0.3, 0.4) is 0 Å². The third-order valence-electron chi connectivity index (χ3n) is 3.27. The monoisotopic (exact) mass is 278 g/mol. The van der Waals surface area contributed by atoms with Crippen molar-refractivity contribution >= 4 is 5.91 Å². The van der Waals surface area contributed by atoms with E-state index in [2.05, 4.69) is 10.6 Å². The van der Waals surface area contributed by atoms with Crippen LogP contribution in [-0.2, 0) is 16.0 Å². The largest absolute Gasteiger partial charge is 0.391 e. The first-order valence-electron chi connectivity index (χ1n) is 7.05. The zero-order chi connectivity index (χ0) is 14.2. The first kappa shape index (κ1) is 15.0. The maximum atomic E-state index is 11.7. The predicted molar refractivity (Wildman–Crippen MR) is 76.4 cm³/mol. The van der Waals surface area contributed by atoms with Crippen molar-refractivity contribution in [3.05, 3.63) is 35.9 Å². The summed E-state index contributed by atoms with van der Waals surface area (Å²) >= 11 is 0. The summed E-state index contributed by atoms with van der Waals surface area (Å²) in [5.74, 6) is -0.0780. The Labute approximate surface area is 119 Å². The second kappa shape index (κ2) is 7.99. The molecule has 2 unspecified atom stereocenters. The summed E-state index contributed by atoms with van der Waals surface area (Å²) < 4.78 is 5.47. The normalized spacial score (nSPS) is 20.4. The van der Waals surface area contributed by atoms with Gasteiger partial charge in [-0.05, 0) is 5.56 Å². The van der Waals surface area contributed by atoms with E-state index in [1.807, 2.05) is 30.3 Å². The SMILES string of the molecule is O=C(CC1CNCCO1)NCC(O)Cc1ccccc1. The lowest BCUT2D eigenvalue weighted by Gasteiger charge is -2.23. The van der Waals surface area contributed by atoms with Crippen LogP contribution in [0.25, 0.3) is 0 Å². The van der Waals surface area contributed by atoms with E-state index in [1.54, 1.807) is 0 Å². The fourth-order valence-corrected chi connectivity index (χ4v) is 2.22. The van der Waals surface area contributed by atoms with Crippen molar-refractivity contribution in [3.63, 3.8) is 0 Å². The summed E-state index contributed by atoms with van der Waals surface area (Å²) in [6.45, 7) is 2.47. The molecular weight excluding hydrogens is 256 g/mol. The summed E-state index contributed by atoms with van der Waals surface area (Å²) in [6, 6.07) is 9.75. The number of amides is 1. The van der Waals surface area contributed by atoms with Crippen LogP contribution in [-0.4, -0.2) is 49.5 Å². The number of carbonyl (C=O) groups is 1. The number of morpholine rings is 1. The first-order chi connectivity index (χ1) is 9.74. The number of rotatable bonds is 6. The summed E-state index contributed by atoms with van der Waals surface area (Å²) in [6.07, 6.45) is 0.259. The number of benzene rings is 1. The van der Waals surface area contributed by atoms with Crippen molar-refractivity contribution in [2.24, 2.45) is 0 Å². The van der Waals surface area contributed by atoms with Gasteiger partial charge in [0.15, 0.2) is 0 Å². The van der Waals surface area contributed by atoms with Crippen molar-refractivity contribution in [2.45, 2.75) is 25.0 Å². The van der Waals surface area contributed by atoms with E-state index < -0.39 is 6.10 Å². The van der Waals surface area contributed by atoms with Gasteiger partial charge in [0, 0.05) is 26.1 Å². The van der Waals surface area contributed by atoms with Gasteiger partial charge in [-0.2, -0.15) is 0 Å². The van der Waals surface area contributed by atoms with Crippen molar-refractivity contribution in [1.82, 2.24) is 10.6 Å². The lowest BCUT2D eigenvalue weighted by molar-refractivity contribution is -0.124. The molecule has 5 heteroatoms. The summed E-state index contributed by atoms with van der Waals surface area (Å²) in [4.78, 5) is 11.7. The maximum absolute atomic E-state index is 11.7. The van der Waals surface area contributed by atoms with Gasteiger partial charge in [0.25, 0.3) is 0 Å². The molecule has 1 fully saturated rings. The molecule has 1 aliphatic heterocycles. The quantitative estimate of drug-likeness (QED) is 0.689. The van der Waals surface area contributed by atoms with Crippen molar-refractivity contribution in [3.8, 4) is 0 Å². The van der Waals surface area contributed by atoms with Gasteiger partial charge in [-0.3, -0.25) is 4.79 Å². The standard InChI is InChI=1S/C15H22N2O3/c18-13(8-12-4-2-1-3-5-12)10-17-15(19)9-14-11-16-6-7-20-14/h1-5,13-14,16,18H,6-11H2,(H,17,19). The maximum Gasteiger partial charge on any atom is 0.222 e. The highest BCUT2D eigenvalue weighted by Crippen LogP contribution is 2.03. The van der Waals surface area contributed by atoms with Crippen molar-refractivity contribution in [2.75, 3.05) is 26.2 Å². The third kappa shape index (κ3) is 5.28. The Morgan fingerprint density at radius 2 is 2.25 bits per heavy atom. The third-order valence-corrected chi connectivity index (χ3v) is 3.27. The van der Waals surface area contributed by atoms with Crippen LogP contribution < -0.4 is 10.6 Å². The fraction of sp³-hybridized carbons (Fsp3) is 0.533. The average Bonchev–Trinajstić information content (AvgIpc) is 2.47. The molecule has 2 rings (SSSR count). The zero-order valence-corrected chi connectivity index (χ0v) is 11.5. The van der Waals surface area contributed by atoms with E-state index >= 15 is 0 Å². The molecule has 0 bridgehead atoms. The van der Waals surface area contributed by atoms with Crippen molar-refractivity contribution < 1.29 is 14.6 Å². The number of carbonyl (C=O) groups excluding carboxylic acids is 1. The summed E-state index contributed by atoms with van der Waals surface area (Å²) in [7, 11) is 0. The molecule has 0 radical (unpaired) electrons. The molecule has 2 atom stereocenters. The smallest absolute Gasteiger partial charge is 0.222 e. The van der Waals surface area contributed by atoms with E-state index in [0.29, 0.717) is 26.0 Å². The Kier molecular flexibility index (Phi) is 5.98. The minimum atomic E-state index is -0.563. The number of aliphatic hydroxyl groups is 1. The molecule has 0 spiro atoms. The fourth-order valence-electron chi connectivity index (χ4n) is 2.22. The van der Waals surface area contributed by atoms with Crippen LogP contribution >= 0.6 is 0 Å². The molecule has 1 aromatic carbocycles. The molecule has 1 amide bonds. The van der Waals surface area contributed by atoms with E-state index in [0.717, 1.165) is 12.1 Å². The van der Waals surface area contributed by atoms with Gasteiger partial charge in [0.05, 0.1) is 25.2 Å². The van der Waals surface area contributed by atoms with Crippen LogP contribution in [0.5, 0.6) is 0 Å². The Hall–Kier alpha value is -1.43. The number of hydrogen-bond acceptors (Lipinski definition) is 4. The molecule has 0 aliphatic carbocycles. The van der Waals surface area contributed by atoms with Gasteiger partial charge < -0.3 is 20.5 Å². The van der Waals surface area contributed by atoms with E-state index in [4.69, 9.17) is 4.74 Å². The predicted octanol–water partition coefficient (Wildman–Crippen LogP) is 0.0847. The highest BCUT2D eigenvalue weighted by atomic mass is 16.5. The van der Waals surface area contributed by atoms with Crippen LogP contribution in [0.2, 0.25) is 0 Å². The van der Waals surface area contributed by atoms with Crippen LogP contribution in [0.15, 0.2) is 30.3 Å². The molecule has 1 aliphatic rings. The van der Waals surface area contributed by atoms with Crippen LogP contribution in [0, 0.1) is 0 Å². The molecule has 110 valence electrons. The van der Waals surface area contributed by atoms with Gasteiger partial charge in [0.2, 0.25) is 5.91 Å². The molecule has 5 nitrogen and oxygen atoms in total. The summed E-state index contributed by atoms with van der Waals surface area (Å²) in [5, 5.41) is 15.8. The minimum Gasteiger partial charge on any atom is -0.391 e. The van der Waals surface area contributed by atoms with E-state index in [-0.39, 0.29) is 18.6 Å². The van der Waals surface area contributed by atoms with Crippen LogP contribution in [0.1, 0.15) is 12.0 Å². The van der Waals surface area contributed by atoms with Gasteiger partial charge in [-0.15, -0.1) is 0 Å². The summed E-state index contributed by atoms with van der Waals surface area (Å²) in [5.41, 5.74) is 1.06. The molecular formula is C15H22N2O3. The molecule has 0 aromatic heterocycles. The molecule has 3 N–H and O–H groups in total. The van der Waals surface area contributed by atoms with Gasteiger partial charge in [0.1, 0.15) is 0 Å². The highest BCUT2D eigenvalue weighted by Gasteiger charge is 2.17. The second-order valence-electron chi connectivity index (χ2n) is 5.05. The number of ether oxygens (including phenoxy) is 1. The van der Waals surface area contributed by atoms with Crippen molar-refractivity contribution in [1.29, 1.82) is 0 Å². The van der Waals surface area contributed by atoms with Gasteiger partial charge >= 0.3 is 0 Å².